The molecule has 3 heterocycles. The highest BCUT2D eigenvalue weighted by Gasteiger charge is 2.39. The predicted octanol–water partition coefficient (Wildman–Crippen LogP) is 1.14. The Labute approximate surface area is 103 Å². The maximum atomic E-state index is 12.9. The van der Waals surface area contributed by atoms with Gasteiger partial charge < -0.3 is 5.73 Å². The zero-order chi connectivity index (χ0) is 13.6. The van der Waals surface area contributed by atoms with Crippen molar-refractivity contribution >= 4 is 16.9 Å². The average molecular weight is 269 g/mol. The Kier molecular flexibility index (Phi) is 2.21. The number of alkyl halides is 3. The van der Waals surface area contributed by atoms with E-state index in [1.165, 1.54) is 18.5 Å². The molecule has 0 saturated carbocycles. The number of nitrogen functional groups attached to an aromatic ring is 1. The van der Waals surface area contributed by atoms with Gasteiger partial charge in [-0.3, -0.25) is 5.10 Å². The molecule has 0 aliphatic carbocycles. The number of nitrogens with one attached hydrogen (secondary N) is 1. The fraction of sp³-hybridized carbons (Fsp3) is 0.111. The van der Waals surface area contributed by atoms with Gasteiger partial charge in [0.2, 0.25) is 0 Å². The third-order valence-corrected chi connectivity index (χ3v) is 2.42. The zero-order valence-corrected chi connectivity index (χ0v) is 9.18. The molecule has 10 heteroatoms. The first kappa shape index (κ1) is 11.4. The van der Waals surface area contributed by atoms with Crippen molar-refractivity contribution in [3.63, 3.8) is 0 Å². The van der Waals surface area contributed by atoms with Gasteiger partial charge in [0.1, 0.15) is 5.82 Å². The van der Waals surface area contributed by atoms with Gasteiger partial charge in [-0.15, -0.1) is 0 Å². The first-order valence-corrected chi connectivity index (χ1v) is 5.05. The summed E-state index contributed by atoms with van der Waals surface area (Å²) in [6.45, 7) is 0. The van der Waals surface area contributed by atoms with E-state index in [-0.39, 0.29) is 22.8 Å². The molecule has 98 valence electrons. The minimum absolute atomic E-state index is 0.0190. The number of halogens is 3. The zero-order valence-electron chi connectivity index (χ0n) is 9.18. The van der Waals surface area contributed by atoms with Crippen LogP contribution in [0.3, 0.4) is 0 Å². The van der Waals surface area contributed by atoms with E-state index in [1.54, 1.807) is 0 Å². The molecule has 0 aliphatic rings. The van der Waals surface area contributed by atoms with Crippen molar-refractivity contribution in [2.45, 2.75) is 6.18 Å². The Hall–Kier alpha value is -2.65. The van der Waals surface area contributed by atoms with Gasteiger partial charge in [-0.2, -0.15) is 28.1 Å². The van der Waals surface area contributed by atoms with Crippen molar-refractivity contribution in [3.8, 4) is 5.95 Å². The van der Waals surface area contributed by atoms with E-state index in [1.807, 2.05) is 0 Å². The summed E-state index contributed by atoms with van der Waals surface area (Å²) in [6, 6.07) is 1.54. The molecule has 3 N–H and O–H groups in total. The van der Waals surface area contributed by atoms with E-state index >= 15 is 0 Å². The first-order chi connectivity index (χ1) is 8.98. The third kappa shape index (κ3) is 1.68. The molecule has 0 aromatic carbocycles. The Balaban J connectivity index is 2.34. The van der Waals surface area contributed by atoms with Crippen molar-refractivity contribution in [2.75, 3.05) is 5.73 Å². The van der Waals surface area contributed by atoms with Crippen LogP contribution in [0.5, 0.6) is 0 Å². The molecule has 0 unspecified atom stereocenters. The molecule has 0 bridgehead atoms. The molecule has 0 spiro atoms. The Morgan fingerprint density at radius 2 is 1.89 bits per heavy atom. The topological polar surface area (TPSA) is 98.3 Å². The smallest absolute Gasteiger partial charge is 0.383 e. The van der Waals surface area contributed by atoms with Crippen LogP contribution in [0.2, 0.25) is 0 Å². The van der Waals surface area contributed by atoms with Crippen LogP contribution in [0, 0.1) is 0 Å². The molecule has 3 rings (SSSR count). The highest BCUT2D eigenvalue weighted by Crippen LogP contribution is 2.36. The third-order valence-electron chi connectivity index (χ3n) is 2.42. The second-order valence-corrected chi connectivity index (χ2v) is 3.64. The number of aromatic nitrogens is 6. The highest BCUT2D eigenvalue weighted by atomic mass is 19.4. The molecule has 0 radical (unpaired) electrons. The summed E-state index contributed by atoms with van der Waals surface area (Å²) in [5.74, 6) is -0.223. The van der Waals surface area contributed by atoms with Crippen molar-refractivity contribution in [1.29, 1.82) is 0 Å². The number of rotatable bonds is 1. The molecule has 3 aromatic rings. The predicted molar refractivity (Wildman–Crippen MR) is 58.2 cm³/mol. The second-order valence-electron chi connectivity index (χ2n) is 3.64. The van der Waals surface area contributed by atoms with Crippen LogP contribution in [-0.4, -0.2) is 29.9 Å². The largest absolute Gasteiger partial charge is 0.436 e. The van der Waals surface area contributed by atoms with Crippen LogP contribution < -0.4 is 5.73 Å². The number of H-pyrrole nitrogens is 1. The quantitative estimate of drug-likeness (QED) is 0.690. The number of fused-ring (bicyclic) bond motifs is 1. The van der Waals surface area contributed by atoms with Gasteiger partial charge >= 0.3 is 6.18 Å². The lowest BCUT2D eigenvalue weighted by molar-refractivity contribution is -0.140. The molecular formula is C9H6F3N7. The maximum Gasteiger partial charge on any atom is 0.436 e. The fourth-order valence-corrected chi connectivity index (χ4v) is 1.67. The molecule has 0 saturated heterocycles. The van der Waals surface area contributed by atoms with Gasteiger partial charge in [0.25, 0.3) is 5.95 Å². The van der Waals surface area contributed by atoms with Crippen LogP contribution in [0.4, 0.5) is 19.0 Å². The minimum Gasteiger partial charge on any atom is -0.383 e. The SMILES string of the molecule is Nc1[nH]nc2c1c(C(F)(F)F)nn2-c1ncccn1. The van der Waals surface area contributed by atoms with Gasteiger partial charge in [0.15, 0.2) is 11.3 Å². The number of hydrogen-bond donors (Lipinski definition) is 2. The van der Waals surface area contributed by atoms with Crippen LogP contribution in [-0.2, 0) is 6.18 Å². The van der Waals surface area contributed by atoms with Crippen LogP contribution in [0.1, 0.15) is 5.69 Å². The molecule has 19 heavy (non-hydrogen) atoms. The summed E-state index contributed by atoms with van der Waals surface area (Å²) in [5, 5.41) is 9.15. The van der Waals surface area contributed by atoms with E-state index in [0.717, 1.165) is 4.68 Å². The summed E-state index contributed by atoms with van der Waals surface area (Å²) in [4.78, 5) is 7.66. The van der Waals surface area contributed by atoms with E-state index in [2.05, 4.69) is 25.3 Å². The summed E-state index contributed by atoms with van der Waals surface area (Å²) in [5.41, 5.74) is 4.26. The first-order valence-electron chi connectivity index (χ1n) is 5.05. The lowest BCUT2D eigenvalue weighted by atomic mass is 10.3. The average Bonchev–Trinajstić information content (AvgIpc) is 2.91. The van der Waals surface area contributed by atoms with Crippen LogP contribution in [0.15, 0.2) is 18.5 Å². The number of anilines is 1. The summed E-state index contributed by atoms with van der Waals surface area (Å²) >= 11 is 0. The van der Waals surface area contributed by atoms with E-state index in [9.17, 15) is 13.2 Å². The van der Waals surface area contributed by atoms with Crippen molar-refractivity contribution < 1.29 is 13.2 Å². The van der Waals surface area contributed by atoms with Gasteiger partial charge in [0.05, 0.1) is 5.39 Å². The molecule has 0 fully saturated rings. The highest BCUT2D eigenvalue weighted by molar-refractivity contribution is 5.90. The fourth-order valence-electron chi connectivity index (χ4n) is 1.67. The lowest BCUT2D eigenvalue weighted by Gasteiger charge is -2.02. The number of nitrogens with zero attached hydrogens (tertiary/aromatic N) is 5. The summed E-state index contributed by atoms with van der Waals surface area (Å²) < 4.78 is 39.6. The van der Waals surface area contributed by atoms with E-state index < -0.39 is 11.9 Å². The second kappa shape index (κ2) is 3.67. The normalized spacial score (nSPS) is 12.2. The maximum absolute atomic E-state index is 12.9. The van der Waals surface area contributed by atoms with Crippen molar-refractivity contribution in [3.05, 3.63) is 24.2 Å². The number of nitrogens with two attached hydrogens (primary N) is 1. The number of aromatic amines is 1. The Morgan fingerprint density at radius 3 is 2.53 bits per heavy atom. The van der Waals surface area contributed by atoms with Gasteiger partial charge in [0, 0.05) is 12.4 Å². The summed E-state index contributed by atoms with van der Waals surface area (Å²) in [7, 11) is 0. The Morgan fingerprint density at radius 1 is 1.21 bits per heavy atom. The van der Waals surface area contributed by atoms with E-state index in [0.29, 0.717) is 0 Å². The molecule has 0 amide bonds. The minimum atomic E-state index is -4.64. The van der Waals surface area contributed by atoms with Gasteiger partial charge in [-0.05, 0) is 6.07 Å². The van der Waals surface area contributed by atoms with Crippen molar-refractivity contribution in [2.24, 2.45) is 0 Å². The van der Waals surface area contributed by atoms with Gasteiger partial charge in [-0.25, -0.2) is 9.97 Å². The molecular weight excluding hydrogens is 263 g/mol. The van der Waals surface area contributed by atoms with Crippen molar-refractivity contribution in [1.82, 2.24) is 29.9 Å². The van der Waals surface area contributed by atoms with Crippen LogP contribution in [0.25, 0.3) is 17.0 Å². The lowest BCUT2D eigenvalue weighted by Crippen LogP contribution is -2.09. The summed E-state index contributed by atoms with van der Waals surface area (Å²) in [6.07, 6.45) is -1.87. The molecule has 3 aromatic heterocycles. The van der Waals surface area contributed by atoms with Gasteiger partial charge in [-0.1, -0.05) is 0 Å². The molecule has 0 aliphatic heterocycles. The molecule has 0 atom stereocenters. The Bertz CT molecular complexity index is 727. The van der Waals surface area contributed by atoms with E-state index in [4.69, 9.17) is 5.73 Å². The number of hydrogen-bond acceptors (Lipinski definition) is 5. The van der Waals surface area contributed by atoms with Crippen LogP contribution >= 0.6 is 0 Å². The monoisotopic (exact) mass is 269 g/mol. The molecule has 7 nitrogen and oxygen atoms in total. The standard InChI is InChI=1S/C9H6F3N7/c10-9(11,12)5-4-6(13)16-17-7(4)19(18-5)8-14-2-1-3-15-8/h1-3H,(H3,13,16,17).